The standard InChI is InChI=1S/C46H50N2O8/c1-47-26-31-18-36(23-37(50)19-31)46(28-49,25-29-11-13-40(51)43(20-29)55-2)44(54)24-42(53)35(17-30-15-16-48-27-30)21-34-12-14-41(52)45(56-3)39(34)22-33-9-6-8-32-7-4-5-10-38(32)33/h4-16,18-20,23,27,35,42,47-53H,17,21-22,24-26,28H2,1-3H3/t35-,42-,46+/m1/s1. The van der Waals surface area contributed by atoms with Gasteiger partial charge in [0.05, 0.1) is 32.3 Å². The Morgan fingerprint density at radius 2 is 1.61 bits per heavy atom. The van der Waals surface area contributed by atoms with E-state index < -0.39 is 29.8 Å². The zero-order valence-corrected chi connectivity index (χ0v) is 32.0. The van der Waals surface area contributed by atoms with E-state index in [1.165, 1.54) is 26.4 Å². The van der Waals surface area contributed by atoms with Crippen LogP contribution >= 0.6 is 0 Å². The van der Waals surface area contributed by atoms with Crippen molar-refractivity contribution in [1.29, 1.82) is 0 Å². The summed E-state index contributed by atoms with van der Waals surface area (Å²) < 4.78 is 11.1. The van der Waals surface area contributed by atoms with Crippen molar-refractivity contribution < 1.29 is 39.8 Å². The van der Waals surface area contributed by atoms with Crippen LogP contribution in [0.1, 0.15) is 45.4 Å². The predicted molar refractivity (Wildman–Crippen MR) is 217 cm³/mol. The van der Waals surface area contributed by atoms with E-state index in [4.69, 9.17) is 9.47 Å². The molecule has 1 aromatic heterocycles. The zero-order valence-electron chi connectivity index (χ0n) is 32.0. The molecule has 6 aromatic rings. The SMILES string of the molecule is CNCc1cc(O)cc([C@@](CO)(Cc2ccc(O)c(OC)c2)C(=O)C[C@@H](O)[C@H](Cc2cc[nH]c2)Cc2ccc(O)c(OC)c2Cc2cccc3ccccc23)c1. The van der Waals surface area contributed by atoms with Gasteiger partial charge in [-0.3, -0.25) is 4.79 Å². The number of benzene rings is 5. The second-order valence-corrected chi connectivity index (χ2v) is 14.5. The number of phenols is 3. The molecule has 7 N–H and O–H groups in total. The lowest BCUT2D eigenvalue weighted by Gasteiger charge is -2.34. The molecular weight excluding hydrogens is 709 g/mol. The van der Waals surface area contributed by atoms with Crippen molar-refractivity contribution in [3.63, 3.8) is 0 Å². The van der Waals surface area contributed by atoms with Gasteiger partial charge in [0.1, 0.15) is 11.5 Å². The summed E-state index contributed by atoms with van der Waals surface area (Å²) in [6, 6.07) is 29.2. The van der Waals surface area contributed by atoms with E-state index in [1.54, 1.807) is 37.4 Å². The van der Waals surface area contributed by atoms with Crippen LogP contribution in [0.15, 0.2) is 109 Å². The summed E-state index contributed by atoms with van der Waals surface area (Å²) in [6.45, 7) is -0.209. The third kappa shape index (κ3) is 8.68. The number of hydrogen-bond acceptors (Lipinski definition) is 9. The quantitative estimate of drug-likeness (QED) is 0.0518. The van der Waals surface area contributed by atoms with Crippen LogP contribution in [0.5, 0.6) is 28.7 Å². The molecule has 5 aromatic carbocycles. The van der Waals surface area contributed by atoms with E-state index in [1.807, 2.05) is 42.7 Å². The first-order valence-electron chi connectivity index (χ1n) is 18.7. The number of aromatic nitrogens is 1. The van der Waals surface area contributed by atoms with E-state index in [9.17, 15) is 30.3 Å². The number of carbonyl (C=O) groups excluding carboxylic acids is 1. The topological polar surface area (TPSA) is 164 Å². The first-order chi connectivity index (χ1) is 27.1. The minimum absolute atomic E-state index is 0.000951. The summed E-state index contributed by atoms with van der Waals surface area (Å²) >= 11 is 0. The lowest BCUT2D eigenvalue weighted by atomic mass is 9.70. The smallest absolute Gasteiger partial charge is 0.164 e. The number of rotatable bonds is 18. The molecule has 1 heterocycles. The number of ether oxygens (including phenoxy) is 2. The van der Waals surface area contributed by atoms with E-state index >= 15 is 0 Å². The monoisotopic (exact) mass is 758 g/mol. The maximum absolute atomic E-state index is 14.9. The Balaban J connectivity index is 1.39. The Bertz CT molecular complexity index is 2260. The molecule has 3 atom stereocenters. The Hall–Kier alpha value is -5.81. The van der Waals surface area contributed by atoms with Crippen molar-refractivity contribution in [2.24, 2.45) is 5.92 Å². The fourth-order valence-corrected chi connectivity index (χ4v) is 7.91. The Kier molecular flexibility index (Phi) is 12.6. The summed E-state index contributed by atoms with van der Waals surface area (Å²) in [5.41, 5.74) is 3.76. The van der Waals surface area contributed by atoms with Gasteiger partial charge in [-0.1, -0.05) is 60.7 Å². The van der Waals surface area contributed by atoms with Gasteiger partial charge in [0.15, 0.2) is 23.0 Å². The molecule has 10 nitrogen and oxygen atoms in total. The van der Waals surface area contributed by atoms with Crippen molar-refractivity contribution in [1.82, 2.24) is 10.3 Å². The maximum atomic E-state index is 14.9. The third-order valence-electron chi connectivity index (χ3n) is 10.8. The highest BCUT2D eigenvalue weighted by Gasteiger charge is 2.42. The van der Waals surface area contributed by atoms with Crippen LogP contribution in [-0.4, -0.2) is 70.3 Å². The van der Waals surface area contributed by atoms with Crippen molar-refractivity contribution >= 4 is 16.6 Å². The molecule has 0 saturated heterocycles. The molecule has 56 heavy (non-hydrogen) atoms. The predicted octanol–water partition coefficient (Wildman–Crippen LogP) is 6.51. The molecule has 0 spiro atoms. The highest BCUT2D eigenvalue weighted by molar-refractivity contribution is 5.91. The van der Waals surface area contributed by atoms with E-state index in [0.717, 1.165) is 33.0 Å². The lowest BCUT2D eigenvalue weighted by molar-refractivity contribution is -0.129. The summed E-state index contributed by atoms with van der Waals surface area (Å²) in [6.07, 6.45) is 3.42. The van der Waals surface area contributed by atoms with Crippen molar-refractivity contribution in [2.75, 3.05) is 27.9 Å². The normalized spacial score (nSPS) is 13.6. The molecule has 0 aliphatic rings. The number of fused-ring (bicyclic) bond motifs is 1. The first-order valence-corrected chi connectivity index (χ1v) is 18.7. The van der Waals surface area contributed by atoms with Gasteiger partial charge in [0.25, 0.3) is 0 Å². The molecule has 292 valence electrons. The van der Waals surface area contributed by atoms with Crippen LogP contribution in [0.4, 0.5) is 0 Å². The molecule has 0 unspecified atom stereocenters. The highest BCUT2D eigenvalue weighted by atomic mass is 16.5. The van der Waals surface area contributed by atoms with E-state index in [0.29, 0.717) is 48.2 Å². The number of H-pyrrole nitrogens is 1. The molecule has 10 heteroatoms. The molecule has 6 rings (SSSR count). The maximum Gasteiger partial charge on any atom is 0.164 e. The molecule has 0 saturated carbocycles. The molecule has 0 amide bonds. The zero-order chi connectivity index (χ0) is 39.8. The van der Waals surface area contributed by atoms with Crippen LogP contribution in [0.2, 0.25) is 0 Å². The number of aliphatic hydroxyl groups is 2. The van der Waals surface area contributed by atoms with Gasteiger partial charge in [-0.15, -0.1) is 0 Å². The number of methoxy groups -OCH3 is 2. The van der Waals surface area contributed by atoms with Gasteiger partial charge in [-0.2, -0.15) is 0 Å². The van der Waals surface area contributed by atoms with Crippen LogP contribution in [0.25, 0.3) is 10.8 Å². The number of ketones is 1. The molecule has 0 fully saturated rings. The average molecular weight is 759 g/mol. The fourth-order valence-electron chi connectivity index (χ4n) is 7.91. The van der Waals surface area contributed by atoms with Gasteiger partial charge in [0, 0.05) is 37.3 Å². The number of aliphatic hydroxyl groups excluding tert-OH is 2. The van der Waals surface area contributed by atoms with E-state index in [-0.39, 0.29) is 35.8 Å². The van der Waals surface area contributed by atoms with Crippen LogP contribution in [-0.2, 0) is 42.4 Å². The third-order valence-corrected chi connectivity index (χ3v) is 10.8. The second kappa shape index (κ2) is 17.8. The minimum Gasteiger partial charge on any atom is -0.508 e. The van der Waals surface area contributed by atoms with Crippen LogP contribution in [0, 0.1) is 5.92 Å². The number of aromatic amines is 1. The van der Waals surface area contributed by atoms with Crippen molar-refractivity contribution in [3.8, 4) is 28.7 Å². The van der Waals surface area contributed by atoms with Gasteiger partial charge >= 0.3 is 0 Å². The van der Waals surface area contributed by atoms with Gasteiger partial charge in [0.2, 0.25) is 0 Å². The summed E-state index contributed by atoms with van der Waals surface area (Å²) in [5.74, 6) is -0.461. The van der Waals surface area contributed by atoms with Gasteiger partial charge in [-0.25, -0.2) is 0 Å². The Labute approximate surface area is 327 Å². The first kappa shape index (κ1) is 39.9. The van der Waals surface area contributed by atoms with Crippen LogP contribution in [0.3, 0.4) is 0 Å². The molecule has 0 aliphatic heterocycles. The van der Waals surface area contributed by atoms with Crippen LogP contribution < -0.4 is 14.8 Å². The molecule has 0 radical (unpaired) electrons. The number of phenolic OH excluding ortho intramolecular Hbond substituents is 3. The van der Waals surface area contributed by atoms with Gasteiger partial charge in [-0.05, 0) is 113 Å². The summed E-state index contributed by atoms with van der Waals surface area (Å²) in [7, 11) is 4.73. The summed E-state index contributed by atoms with van der Waals surface area (Å²) in [5, 5.41) is 60.8. The molecular formula is C46H50N2O8. The second-order valence-electron chi connectivity index (χ2n) is 14.5. The van der Waals surface area contributed by atoms with Crippen molar-refractivity contribution in [3.05, 3.63) is 148 Å². The number of nitrogens with one attached hydrogen (secondary N) is 2. The number of hydrogen-bond donors (Lipinski definition) is 7. The van der Waals surface area contributed by atoms with Gasteiger partial charge < -0.3 is 45.3 Å². The largest absolute Gasteiger partial charge is 0.508 e. The van der Waals surface area contributed by atoms with E-state index in [2.05, 4.69) is 34.6 Å². The molecule has 0 bridgehead atoms. The Morgan fingerprint density at radius 3 is 2.34 bits per heavy atom. The van der Waals surface area contributed by atoms with Crippen molar-refractivity contribution in [2.45, 2.75) is 50.2 Å². The minimum atomic E-state index is -1.58. The average Bonchev–Trinajstić information content (AvgIpc) is 3.71. The highest BCUT2D eigenvalue weighted by Crippen LogP contribution is 2.40. The fraction of sp³-hybridized carbons (Fsp3) is 0.283. The number of aromatic hydroxyl groups is 3. The summed E-state index contributed by atoms with van der Waals surface area (Å²) in [4.78, 5) is 18.0. The number of carbonyl (C=O) groups is 1. The lowest BCUT2D eigenvalue weighted by Crippen LogP contribution is -2.44. The number of Topliss-reactive ketones (excluding diaryl/α,β-unsaturated/α-hetero) is 1. The molecule has 0 aliphatic carbocycles. The Morgan fingerprint density at radius 1 is 0.821 bits per heavy atom.